The maximum Gasteiger partial charge on any atom is 0.259 e. The number of rotatable bonds is 2. The lowest BCUT2D eigenvalue weighted by Gasteiger charge is -2.00. The van der Waals surface area contributed by atoms with Gasteiger partial charge in [0.2, 0.25) is 0 Å². The maximum absolute atomic E-state index is 10.7. The van der Waals surface area contributed by atoms with Gasteiger partial charge in [0, 0.05) is 5.56 Å². The van der Waals surface area contributed by atoms with Gasteiger partial charge < -0.3 is 15.9 Å². The normalized spacial score (nSPS) is 10.7. The summed E-state index contributed by atoms with van der Waals surface area (Å²) in [6.45, 7) is 0. The van der Waals surface area contributed by atoms with E-state index in [0.717, 1.165) is 6.08 Å². The van der Waals surface area contributed by atoms with Crippen LogP contribution in [0.3, 0.4) is 0 Å². The molecule has 5 heteroatoms. The van der Waals surface area contributed by atoms with Gasteiger partial charge in [-0.3, -0.25) is 4.79 Å². The van der Waals surface area contributed by atoms with Crippen LogP contribution >= 0.6 is 0 Å². The summed E-state index contributed by atoms with van der Waals surface area (Å²) in [5, 5.41) is 27.0. The third kappa shape index (κ3) is 2.48. The maximum atomic E-state index is 10.7. The molecule has 0 aliphatic rings. The number of carbonyl (C=O) groups excluding carboxylic acids is 1. The molecular formula is C10H8N2O3. The van der Waals surface area contributed by atoms with E-state index in [0.29, 0.717) is 0 Å². The van der Waals surface area contributed by atoms with Crippen molar-refractivity contribution in [3.05, 3.63) is 29.3 Å². The van der Waals surface area contributed by atoms with Crippen molar-refractivity contribution in [1.29, 1.82) is 5.26 Å². The number of nitrogens with two attached hydrogens (primary N) is 1. The number of phenols is 2. The van der Waals surface area contributed by atoms with Gasteiger partial charge in [-0.2, -0.15) is 5.26 Å². The molecule has 1 amide bonds. The highest BCUT2D eigenvalue weighted by Gasteiger charge is 2.06. The molecule has 5 nitrogen and oxygen atoms in total. The van der Waals surface area contributed by atoms with E-state index in [1.807, 2.05) is 0 Å². The largest absolute Gasteiger partial charge is 0.508 e. The van der Waals surface area contributed by atoms with Gasteiger partial charge in [-0.15, -0.1) is 0 Å². The summed E-state index contributed by atoms with van der Waals surface area (Å²) in [6, 6.07) is 5.34. The van der Waals surface area contributed by atoms with Crippen LogP contribution in [0.15, 0.2) is 23.8 Å². The zero-order valence-electron chi connectivity index (χ0n) is 7.64. The van der Waals surface area contributed by atoms with E-state index in [-0.39, 0.29) is 22.6 Å². The number of carbonyl (C=O) groups is 1. The second-order valence-electron chi connectivity index (χ2n) is 2.78. The number of hydrogen-bond donors (Lipinski definition) is 3. The van der Waals surface area contributed by atoms with Crippen LogP contribution in [0.4, 0.5) is 0 Å². The van der Waals surface area contributed by atoms with Crippen LogP contribution in [0.2, 0.25) is 0 Å². The molecule has 0 atom stereocenters. The summed E-state index contributed by atoms with van der Waals surface area (Å²) in [5.41, 5.74) is 4.77. The Labute approximate surface area is 85.7 Å². The summed E-state index contributed by atoms with van der Waals surface area (Å²) in [5.74, 6) is -1.12. The van der Waals surface area contributed by atoms with Crippen LogP contribution < -0.4 is 5.73 Å². The molecule has 15 heavy (non-hydrogen) atoms. The Bertz CT molecular complexity index is 472. The van der Waals surface area contributed by atoms with E-state index in [4.69, 9.17) is 16.1 Å². The number of aromatic hydroxyl groups is 2. The highest BCUT2D eigenvalue weighted by Crippen LogP contribution is 2.24. The fourth-order valence-electron chi connectivity index (χ4n) is 0.972. The van der Waals surface area contributed by atoms with Crippen molar-refractivity contribution in [2.75, 3.05) is 0 Å². The van der Waals surface area contributed by atoms with Crippen molar-refractivity contribution >= 4 is 12.0 Å². The van der Waals surface area contributed by atoms with Gasteiger partial charge in [0.25, 0.3) is 5.91 Å². The fraction of sp³-hybridized carbons (Fsp3) is 0. The predicted molar refractivity (Wildman–Crippen MR) is 52.6 cm³/mol. The lowest BCUT2D eigenvalue weighted by Crippen LogP contribution is -2.12. The van der Waals surface area contributed by atoms with Crippen molar-refractivity contribution in [3.8, 4) is 17.6 Å². The number of primary amides is 1. The molecule has 0 heterocycles. The van der Waals surface area contributed by atoms with Crippen LogP contribution in [-0.2, 0) is 4.79 Å². The van der Waals surface area contributed by atoms with Gasteiger partial charge in [-0.25, -0.2) is 0 Å². The highest BCUT2D eigenvalue weighted by atomic mass is 16.3. The molecule has 1 aromatic carbocycles. The first-order valence-electron chi connectivity index (χ1n) is 3.98. The van der Waals surface area contributed by atoms with Gasteiger partial charge in [0.1, 0.15) is 23.1 Å². The van der Waals surface area contributed by atoms with Crippen LogP contribution in [0.1, 0.15) is 5.56 Å². The van der Waals surface area contributed by atoms with E-state index in [2.05, 4.69) is 0 Å². The Morgan fingerprint density at radius 2 is 2.13 bits per heavy atom. The number of benzene rings is 1. The molecule has 0 bridgehead atoms. The lowest BCUT2D eigenvalue weighted by atomic mass is 10.1. The zero-order valence-corrected chi connectivity index (χ0v) is 7.64. The second kappa shape index (κ2) is 4.15. The summed E-state index contributed by atoms with van der Waals surface area (Å²) in [4.78, 5) is 10.7. The third-order valence-electron chi connectivity index (χ3n) is 1.70. The van der Waals surface area contributed by atoms with Crippen molar-refractivity contribution in [1.82, 2.24) is 0 Å². The fourth-order valence-corrected chi connectivity index (χ4v) is 0.972. The van der Waals surface area contributed by atoms with Crippen LogP contribution in [0.5, 0.6) is 11.5 Å². The zero-order chi connectivity index (χ0) is 11.4. The molecule has 76 valence electrons. The molecule has 0 spiro atoms. The van der Waals surface area contributed by atoms with E-state index in [9.17, 15) is 9.90 Å². The standard InChI is InChI=1S/C10H8N2O3/c11-5-7(10(12)15)3-6-4-8(13)1-2-9(6)14/h1-4,13-14H,(H2,12,15). The van der Waals surface area contributed by atoms with Gasteiger partial charge in [0.15, 0.2) is 0 Å². The van der Waals surface area contributed by atoms with Gasteiger partial charge in [-0.1, -0.05) is 0 Å². The average Bonchev–Trinajstić information content (AvgIpc) is 2.18. The Morgan fingerprint density at radius 3 is 2.67 bits per heavy atom. The van der Waals surface area contributed by atoms with Gasteiger partial charge in [-0.05, 0) is 24.3 Å². The van der Waals surface area contributed by atoms with E-state index >= 15 is 0 Å². The first kappa shape index (κ1) is 10.6. The number of hydrogen-bond acceptors (Lipinski definition) is 4. The van der Waals surface area contributed by atoms with Crippen LogP contribution in [-0.4, -0.2) is 16.1 Å². The van der Waals surface area contributed by atoms with E-state index in [1.54, 1.807) is 6.07 Å². The smallest absolute Gasteiger partial charge is 0.259 e. The molecule has 4 N–H and O–H groups in total. The number of amides is 1. The van der Waals surface area contributed by atoms with Gasteiger partial charge in [0.05, 0.1) is 0 Å². The minimum absolute atomic E-state index is 0.0826. The molecule has 0 aliphatic carbocycles. The van der Waals surface area contributed by atoms with Crippen molar-refractivity contribution < 1.29 is 15.0 Å². The van der Waals surface area contributed by atoms with Crippen molar-refractivity contribution in [2.45, 2.75) is 0 Å². The molecule has 0 aromatic heterocycles. The summed E-state index contributed by atoms with van der Waals surface area (Å²) < 4.78 is 0. The highest BCUT2D eigenvalue weighted by molar-refractivity contribution is 6.00. The average molecular weight is 204 g/mol. The summed E-state index contributed by atoms with van der Waals surface area (Å²) in [6.07, 6.45) is 1.11. The molecule has 1 aromatic rings. The Morgan fingerprint density at radius 1 is 1.47 bits per heavy atom. The molecule has 0 saturated heterocycles. The monoisotopic (exact) mass is 204 g/mol. The SMILES string of the molecule is N#CC(=Cc1cc(O)ccc1O)C(N)=O. The molecule has 0 unspecified atom stereocenters. The second-order valence-corrected chi connectivity index (χ2v) is 2.78. The molecule has 1 rings (SSSR count). The first-order valence-corrected chi connectivity index (χ1v) is 3.98. The van der Waals surface area contributed by atoms with Crippen molar-refractivity contribution in [2.24, 2.45) is 5.73 Å². The van der Waals surface area contributed by atoms with Crippen LogP contribution in [0.25, 0.3) is 6.08 Å². The van der Waals surface area contributed by atoms with E-state index < -0.39 is 5.91 Å². The Balaban J connectivity index is 3.23. The molecular weight excluding hydrogens is 196 g/mol. The molecule has 0 aliphatic heterocycles. The first-order chi connectivity index (χ1) is 7.04. The summed E-state index contributed by atoms with van der Waals surface area (Å²) >= 11 is 0. The molecule has 0 fully saturated rings. The third-order valence-corrected chi connectivity index (χ3v) is 1.70. The van der Waals surface area contributed by atoms with E-state index in [1.165, 1.54) is 18.2 Å². The van der Waals surface area contributed by atoms with Gasteiger partial charge >= 0.3 is 0 Å². The number of nitriles is 1. The Hall–Kier alpha value is -2.48. The molecule has 0 radical (unpaired) electrons. The van der Waals surface area contributed by atoms with Crippen LogP contribution in [0, 0.1) is 11.3 Å². The topological polar surface area (TPSA) is 107 Å². The number of nitrogens with zero attached hydrogens (tertiary/aromatic N) is 1. The Kier molecular flexibility index (Phi) is 2.94. The lowest BCUT2D eigenvalue weighted by molar-refractivity contribution is -0.114. The van der Waals surface area contributed by atoms with Crippen molar-refractivity contribution in [3.63, 3.8) is 0 Å². The number of phenolic OH excluding ortho intramolecular Hbond substituents is 2. The summed E-state index contributed by atoms with van der Waals surface area (Å²) in [7, 11) is 0. The minimum Gasteiger partial charge on any atom is -0.508 e. The molecule has 0 saturated carbocycles. The quantitative estimate of drug-likeness (QED) is 0.370. The minimum atomic E-state index is -0.889. The predicted octanol–water partition coefficient (Wildman–Crippen LogP) is 0.490.